The van der Waals surface area contributed by atoms with E-state index in [1.54, 1.807) is 11.3 Å². The lowest BCUT2D eigenvalue weighted by atomic mass is 10.2. The second kappa shape index (κ2) is 3.28. The molecule has 1 aromatic heterocycles. The van der Waals surface area contributed by atoms with E-state index in [2.05, 4.69) is 22.7 Å². The minimum Gasteiger partial charge on any atom is -0.358 e. The highest BCUT2D eigenvalue weighted by atomic mass is 32.2. The zero-order chi connectivity index (χ0) is 9.54. The third kappa shape index (κ3) is 1.28. The van der Waals surface area contributed by atoms with Gasteiger partial charge in [0.25, 0.3) is 0 Å². The summed E-state index contributed by atoms with van der Waals surface area (Å²) in [5.41, 5.74) is 0. The van der Waals surface area contributed by atoms with Crippen LogP contribution in [-0.2, 0) is 0 Å². The molecule has 0 amide bonds. The lowest BCUT2D eigenvalue weighted by Gasteiger charge is -2.26. The van der Waals surface area contributed by atoms with E-state index in [0.29, 0.717) is 0 Å². The fraction of sp³-hybridized carbons (Fsp3) is 0.500. The molecule has 3 rings (SSSR count). The Morgan fingerprint density at radius 2 is 2.43 bits per heavy atom. The van der Waals surface area contributed by atoms with Crippen LogP contribution in [-0.4, -0.2) is 29.9 Å². The van der Waals surface area contributed by atoms with Crippen molar-refractivity contribution in [1.29, 1.82) is 0 Å². The highest BCUT2D eigenvalue weighted by molar-refractivity contribution is 8.00. The Bertz CT molecular complexity index is 363. The van der Waals surface area contributed by atoms with Gasteiger partial charge in [0.05, 0.1) is 9.88 Å². The Kier molecular flexibility index (Phi) is 2.06. The topological polar surface area (TPSA) is 20.3 Å². The predicted octanol–water partition coefficient (Wildman–Crippen LogP) is 2.25. The van der Waals surface area contributed by atoms with Gasteiger partial charge in [-0.1, -0.05) is 0 Å². The molecule has 4 heteroatoms. The predicted molar refractivity (Wildman–Crippen MR) is 61.7 cm³/mol. The van der Waals surface area contributed by atoms with Gasteiger partial charge in [-0.25, -0.2) is 0 Å². The first-order valence-electron chi connectivity index (χ1n) is 4.80. The van der Waals surface area contributed by atoms with Crippen LogP contribution in [0.25, 0.3) is 0 Å². The minimum atomic E-state index is 0.725. The third-order valence-corrected chi connectivity index (χ3v) is 5.35. The molecule has 0 saturated carbocycles. The molecule has 0 aliphatic carbocycles. The Labute approximate surface area is 91.3 Å². The third-order valence-electron chi connectivity index (χ3n) is 2.91. The summed E-state index contributed by atoms with van der Waals surface area (Å²) in [4.78, 5) is 13.9. The molecule has 2 bridgehead atoms. The molecule has 0 spiro atoms. The maximum Gasteiger partial charge on any atom is 0.160 e. The van der Waals surface area contributed by atoms with E-state index in [4.69, 9.17) is 0 Å². The fourth-order valence-electron chi connectivity index (χ4n) is 2.23. The van der Waals surface area contributed by atoms with Crippen LogP contribution < -0.4 is 4.90 Å². The van der Waals surface area contributed by atoms with Gasteiger partial charge in [-0.3, -0.25) is 4.79 Å². The van der Waals surface area contributed by atoms with E-state index in [1.165, 1.54) is 23.7 Å². The van der Waals surface area contributed by atoms with Gasteiger partial charge >= 0.3 is 0 Å². The normalized spacial score (nSPS) is 29.9. The monoisotopic (exact) mass is 225 g/mol. The van der Waals surface area contributed by atoms with Crippen LogP contribution >= 0.6 is 23.1 Å². The van der Waals surface area contributed by atoms with Gasteiger partial charge in [-0.05, 0) is 18.6 Å². The molecular formula is C10H11NOS2. The van der Waals surface area contributed by atoms with Crippen molar-refractivity contribution < 1.29 is 4.79 Å². The Morgan fingerprint density at radius 3 is 3.00 bits per heavy atom. The quantitative estimate of drug-likeness (QED) is 0.720. The van der Waals surface area contributed by atoms with E-state index >= 15 is 0 Å². The van der Waals surface area contributed by atoms with E-state index in [9.17, 15) is 4.79 Å². The first-order valence-corrected chi connectivity index (χ1v) is 6.66. The maximum atomic E-state index is 10.6. The first kappa shape index (κ1) is 8.80. The number of hydrogen-bond donors (Lipinski definition) is 0. The van der Waals surface area contributed by atoms with Crippen LogP contribution in [0.3, 0.4) is 0 Å². The highest BCUT2D eigenvalue weighted by Crippen LogP contribution is 2.41. The Hall–Kier alpha value is -0.480. The molecule has 2 unspecified atom stereocenters. The zero-order valence-electron chi connectivity index (χ0n) is 7.68. The van der Waals surface area contributed by atoms with E-state index < -0.39 is 0 Å². The summed E-state index contributed by atoms with van der Waals surface area (Å²) >= 11 is 3.71. The van der Waals surface area contributed by atoms with Gasteiger partial charge in [0, 0.05) is 23.6 Å². The fourth-order valence-corrected chi connectivity index (χ4v) is 4.57. The van der Waals surface area contributed by atoms with Crippen molar-refractivity contribution in [3.8, 4) is 0 Å². The molecule has 0 aromatic carbocycles. The molecule has 2 aliphatic rings. The van der Waals surface area contributed by atoms with E-state index in [1.807, 2.05) is 6.07 Å². The zero-order valence-corrected chi connectivity index (χ0v) is 9.31. The molecule has 2 saturated heterocycles. The second-order valence-electron chi connectivity index (χ2n) is 3.79. The number of nitrogens with zero attached hydrogens (tertiary/aromatic N) is 1. The molecule has 0 N–H and O–H groups in total. The molecule has 3 heterocycles. The number of anilines is 1. The lowest BCUT2D eigenvalue weighted by molar-refractivity contribution is 0.112. The number of aldehydes is 1. The van der Waals surface area contributed by atoms with Crippen LogP contribution in [0.5, 0.6) is 0 Å². The summed E-state index contributed by atoms with van der Waals surface area (Å²) in [7, 11) is 0. The minimum absolute atomic E-state index is 0.725. The lowest BCUT2D eigenvalue weighted by Crippen LogP contribution is -2.33. The number of carbonyl (C=O) groups is 1. The Morgan fingerprint density at radius 1 is 1.50 bits per heavy atom. The van der Waals surface area contributed by atoms with Crippen LogP contribution in [0.2, 0.25) is 0 Å². The van der Waals surface area contributed by atoms with Gasteiger partial charge in [0.1, 0.15) is 0 Å². The molecule has 2 atom stereocenters. The van der Waals surface area contributed by atoms with Gasteiger partial charge in [-0.2, -0.15) is 11.8 Å². The number of carbonyl (C=O) groups excluding carboxylic acids is 1. The van der Waals surface area contributed by atoms with Crippen LogP contribution in [0.1, 0.15) is 16.1 Å². The van der Waals surface area contributed by atoms with E-state index in [0.717, 1.165) is 22.5 Å². The van der Waals surface area contributed by atoms with Crippen molar-refractivity contribution in [2.24, 2.45) is 0 Å². The van der Waals surface area contributed by atoms with Crippen LogP contribution in [0.15, 0.2) is 12.1 Å². The van der Waals surface area contributed by atoms with Gasteiger partial charge in [0.2, 0.25) is 0 Å². The van der Waals surface area contributed by atoms with Crippen LogP contribution in [0, 0.1) is 0 Å². The standard InChI is InChI=1S/C10H11NOS2/c12-5-8-1-2-10(14-8)11-4-9-3-7(11)6-13-9/h1-2,5,7,9H,3-4,6H2. The average molecular weight is 225 g/mol. The van der Waals surface area contributed by atoms with Crippen molar-refractivity contribution >= 4 is 34.4 Å². The SMILES string of the molecule is O=Cc1ccc(N2CC3CC2CS3)s1. The number of thiophene rings is 1. The van der Waals surface area contributed by atoms with Gasteiger partial charge in [0.15, 0.2) is 6.29 Å². The van der Waals surface area contributed by atoms with Crippen molar-refractivity contribution in [2.45, 2.75) is 17.7 Å². The highest BCUT2D eigenvalue weighted by Gasteiger charge is 2.38. The molecule has 2 aliphatic heterocycles. The molecule has 2 nitrogen and oxygen atoms in total. The van der Waals surface area contributed by atoms with Gasteiger partial charge in [-0.15, -0.1) is 11.3 Å². The van der Waals surface area contributed by atoms with Crippen molar-refractivity contribution in [3.05, 3.63) is 17.0 Å². The molecule has 74 valence electrons. The maximum absolute atomic E-state index is 10.6. The smallest absolute Gasteiger partial charge is 0.160 e. The molecule has 1 aromatic rings. The second-order valence-corrected chi connectivity index (χ2v) is 6.22. The summed E-state index contributed by atoms with van der Waals surface area (Å²) in [5, 5.41) is 2.11. The average Bonchev–Trinajstić information content (AvgIpc) is 2.93. The van der Waals surface area contributed by atoms with Crippen LogP contribution in [0.4, 0.5) is 5.00 Å². The summed E-state index contributed by atoms with van der Waals surface area (Å²) in [5.74, 6) is 1.26. The first-order chi connectivity index (χ1) is 6.86. The summed E-state index contributed by atoms with van der Waals surface area (Å²) in [6.45, 7) is 1.17. The van der Waals surface area contributed by atoms with Crippen molar-refractivity contribution in [1.82, 2.24) is 0 Å². The molecular weight excluding hydrogens is 214 g/mol. The number of hydrogen-bond acceptors (Lipinski definition) is 4. The largest absolute Gasteiger partial charge is 0.358 e. The summed E-state index contributed by atoms with van der Waals surface area (Å²) in [6, 6.07) is 4.73. The number of rotatable bonds is 2. The molecule has 0 radical (unpaired) electrons. The van der Waals surface area contributed by atoms with Crippen molar-refractivity contribution in [3.63, 3.8) is 0 Å². The summed E-state index contributed by atoms with van der Waals surface area (Å²) in [6.07, 6.45) is 2.27. The van der Waals surface area contributed by atoms with Crippen molar-refractivity contribution in [2.75, 3.05) is 17.2 Å². The number of fused-ring (bicyclic) bond motifs is 2. The Balaban J connectivity index is 1.85. The molecule has 2 fully saturated rings. The number of thioether (sulfide) groups is 1. The van der Waals surface area contributed by atoms with Gasteiger partial charge < -0.3 is 4.90 Å². The van der Waals surface area contributed by atoms with E-state index in [-0.39, 0.29) is 0 Å². The molecule has 14 heavy (non-hydrogen) atoms. The summed E-state index contributed by atoms with van der Waals surface area (Å²) < 4.78 is 0.